The second-order valence-corrected chi connectivity index (χ2v) is 7.84. The Morgan fingerprint density at radius 2 is 2.00 bits per heavy atom. The van der Waals surface area contributed by atoms with Crippen molar-refractivity contribution < 1.29 is 19.0 Å². The van der Waals surface area contributed by atoms with E-state index in [0.29, 0.717) is 18.8 Å². The Morgan fingerprint density at radius 1 is 1.21 bits per heavy atom. The summed E-state index contributed by atoms with van der Waals surface area (Å²) < 4.78 is 18.9. The fourth-order valence-electron chi connectivity index (χ4n) is 3.31. The second-order valence-electron chi connectivity index (χ2n) is 6.70. The number of nitrogens with one attached hydrogen (secondary N) is 1. The van der Waals surface area contributed by atoms with Crippen LogP contribution in [-0.2, 0) is 0 Å². The summed E-state index contributed by atoms with van der Waals surface area (Å²) >= 11 is 1.55. The Labute approximate surface area is 171 Å². The third-order valence-corrected chi connectivity index (χ3v) is 5.79. The van der Waals surface area contributed by atoms with Gasteiger partial charge >= 0.3 is 5.97 Å². The number of carbonyl (C=O) groups is 1. The van der Waals surface area contributed by atoms with E-state index in [0.717, 1.165) is 27.5 Å². The van der Waals surface area contributed by atoms with Gasteiger partial charge in [0.05, 0.1) is 24.1 Å². The lowest BCUT2D eigenvalue weighted by Gasteiger charge is -2.27. The lowest BCUT2D eigenvalue weighted by atomic mass is 9.93. The van der Waals surface area contributed by atoms with Gasteiger partial charge in [0.25, 0.3) is 0 Å². The van der Waals surface area contributed by atoms with Crippen LogP contribution in [0.4, 0.5) is 10.1 Å². The van der Waals surface area contributed by atoms with Crippen molar-refractivity contribution in [3.63, 3.8) is 0 Å². The van der Waals surface area contributed by atoms with Crippen LogP contribution in [0.25, 0.3) is 0 Å². The average molecular weight is 410 g/mol. The number of hydrogen-bond acceptors (Lipinski definition) is 5. The van der Waals surface area contributed by atoms with Crippen LogP contribution in [-0.4, -0.2) is 29.2 Å². The lowest BCUT2D eigenvalue weighted by molar-refractivity contribution is 0.0697. The van der Waals surface area contributed by atoms with E-state index in [1.807, 2.05) is 18.2 Å². The lowest BCUT2D eigenvalue weighted by Crippen LogP contribution is -2.21. The maximum Gasteiger partial charge on any atom is 0.337 e. The van der Waals surface area contributed by atoms with Crippen molar-refractivity contribution in [2.75, 3.05) is 18.5 Å². The van der Waals surface area contributed by atoms with Crippen LogP contribution in [0.5, 0.6) is 5.75 Å². The molecule has 0 saturated heterocycles. The van der Waals surface area contributed by atoms with Gasteiger partial charge in [-0.1, -0.05) is 17.8 Å². The maximum atomic E-state index is 13.1. The SMILES string of the molecule is O=C(O)c1ccncc1NC[C@H]1CCOc2cc(Sc3ccc(F)cc3)ccc21. The first-order chi connectivity index (χ1) is 14.1. The zero-order valence-electron chi connectivity index (χ0n) is 15.5. The zero-order valence-corrected chi connectivity index (χ0v) is 16.3. The third kappa shape index (κ3) is 4.51. The van der Waals surface area contributed by atoms with Crippen molar-refractivity contribution >= 4 is 23.4 Å². The van der Waals surface area contributed by atoms with Gasteiger partial charge in [-0.3, -0.25) is 4.98 Å². The number of fused-ring (bicyclic) bond motifs is 1. The summed E-state index contributed by atoms with van der Waals surface area (Å²) in [7, 11) is 0. The summed E-state index contributed by atoms with van der Waals surface area (Å²) in [4.78, 5) is 17.4. The Balaban J connectivity index is 1.48. The van der Waals surface area contributed by atoms with E-state index in [1.54, 1.807) is 23.9 Å². The van der Waals surface area contributed by atoms with Crippen molar-refractivity contribution in [3.05, 3.63) is 77.9 Å². The summed E-state index contributed by atoms with van der Waals surface area (Å²) in [5.41, 5.74) is 1.81. The van der Waals surface area contributed by atoms with Crippen molar-refractivity contribution in [2.24, 2.45) is 0 Å². The van der Waals surface area contributed by atoms with Gasteiger partial charge in [0.15, 0.2) is 0 Å². The molecule has 0 fully saturated rings. The number of aromatic nitrogens is 1. The van der Waals surface area contributed by atoms with E-state index in [9.17, 15) is 14.3 Å². The second kappa shape index (κ2) is 8.53. The first-order valence-corrected chi connectivity index (χ1v) is 10.0. The minimum Gasteiger partial charge on any atom is -0.493 e. The van der Waals surface area contributed by atoms with Gasteiger partial charge in [-0.15, -0.1) is 0 Å². The molecule has 0 amide bonds. The monoisotopic (exact) mass is 410 g/mol. The summed E-state index contributed by atoms with van der Waals surface area (Å²) in [6.45, 7) is 1.19. The first-order valence-electron chi connectivity index (χ1n) is 9.21. The van der Waals surface area contributed by atoms with Gasteiger partial charge in [0.2, 0.25) is 0 Å². The number of nitrogens with zero attached hydrogens (tertiary/aromatic N) is 1. The first kappa shape index (κ1) is 19.3. The average Bonchev–Trinajstić information content (AvgIpc) is 2.74. The molecule has 0 aliphatic carbocycles. The number of halogens is 1. The molecule has 2 heterocycles. The van der Waals surface area contributed by atoms with E-state index >= 15 is 0 Å². The molecule has 4 rings (SSSR count). The molecule has 0 bridgehead atoms. The summed E-state index contributed by atoms with van der Waals surface area (Å²) in [5, 5.41) is 12.5. The van der Waals surface area contributed by atoms with Gasteiger partial charge in [-0.2, -0.15) is 0 Å². The molecule has 1 atom stereocenters. The van der Waals surface area contributed by atoms with Crippen molar-refractivity contribution in [1.29, 1.82) is 0 Å². The molecule has 3 aromatic rings. The van der Waals surface area contributed by atoms with Crippen molar-refractivity contribution in [2.45, 2.75) is 22.1 Å². The topological polar surface area (TPSA) is 71.5 Å². The molecule has 0 saturated carbocycles. The highest BCUT2D eigenvalue weighted by Gasteiger charge is 2.22. The molecule has 5 nitrogen and oxygen atoms in total. The molecule has 0 unspecified atom stereocenters. The minimum atomic E-state index is -0.982. The Kier molecular flexibility index (Phi) is 5.67. The van der Waals surface area contributed by atoms with Crippen molar-refractivity contribution in [1.82, 2.24) is 4.98 Å². The molecule has 2 N–H and O–H groups in total. The van der Waals surface area contributed by atoms with Crippen LogP contribution in [0.3, 0.4) is 0 Å². The Hall–Kier alpha value is -3.06. The van der Waals surface area contributed by atoms with E-state index in [4.69, 9.17) is 4.74 Å². The number of aromatic carboxylic acids is 1. The van der Waals surface area contributed by atoms with E-state index in [2.05, 4.69) is 10.3 Å². The molecule has 2 aromatic carbocycles. The molecule has 1 aromatic heterocycles. The molecule has 1 aliphatic rings. The standard InChI is InChI=1S/C22H19FN2O3S/c23-15-1-3-16(4-2-15)29-17-5-6-18-14(8-10-28-21(18)11-17)12-25-20-13-24-9-7-19(20)22(26)27/h1-7,9,11,13-14,25H,8,10,12H2,(H,26,27)/t14-/m1/s1. The highest BCUT2D eigenvalue weighted by atomic mass is 32.2. The van der Waals surface area contributed by atoms with Crippen LogP contribution in [0.1, 0.15) is 28.3 Å². The number of hydrogen-bond donors (Lipinski definition) is 2. The van der Waals surface area contributed by atoms with Gasteiger partial charge < -0.3 is 15.2 Å². The fourth-order valence-corrected chi connectivity index (χ4v) is 4.16. The van der Waals surface area contributed by atoms with E-state index < -0.39 is 5.97 Å². The predicted molar refractivity (Wildman–Crippen MR) is 110 cm³/mol. The molecule has 0 radical (unpaired) electrons. The molecule has 1 aliphatic heterocycles. The summed E-state index contributed by atoms with van der Waals surface area (Å²) in [5.74, 6) is -0.201. The van der Waals surface area contributed by atoms with Gasteiger partial charge in [-0.05, 0) is 54.4 Å². The largest absolute Gasteiger partial charge is 0.493 e. The quantitative estimate of drug-likeness (QED) is 0.593. The number of ether oxygens (including phenoxy) is 1. The smallest absolute Gasteiger partial charge is 0.337 e. The zero-order chi connectivity index (χ0) is 20.2. The summed E-state index contributed by atoms with van der Waals surface area (Å²) in [6, 6.07) is 14.0. The maximum absolute atomic E-state index is 13.1. The van der Waals surface area contributed by atoms with Gasteiger partial charge in [0.1, 0.15) is 11.6 Å². The Bertz CT molecular complexity index is 1030. The van der Waals surface area contributed by atoms with Gasteiger partial charge in [-0.25, -0.2) is 9.18 Å². The Morgan fingerprint density at radius 3 is 2.79 bits per heavy atom. The minimum absolute atomic E-state index is 0.200. The van der Waals surface area contributed by atoms with Crippen molar-refractivity contribution in [3.8, 4) is 5.75 Å². The fraction of sp³-hybridized carbons (Fsp3) is 0.182. The predicted octanol–water partition coefficient (Wildman–Crippen LogP) is 5.05. The number of carboxylic acid groups (broad SMARTS) is 1. The molecular weight excluding hydrogens is 391 g/mol. The highest BCUT2D eigenvalue weighted by Crippen LogP contribution is 2.38. The summed E-state index contributed by atoms with van der Waals surface area (Å²) in [6.07, 6.45) is 3.85. The number of anilines is 1. The number of carboxylic acids is 1. The van der Waals surface area contributed by atoms with Crippen LogP contribution in [0.15, 0.2) is 70.7 Å². The van der Waals surface area contributed by atoms with E-state index in [1.165, 1.54) is 30.6 Å². The van der Waals surface area contributed by atoms with E-state index in [-0.39, 0.29) is 17.3 Å². The number of pyridine rings is 1. The molecular formula is C22H19FN2O3S. The molecule has 29 heavy (non-hydrogen) atoms. The number of benzene rings is 2. The highest BCUT2D eigenvalue weighted by molar-refractivity contribution is 7.99. The molecule has 0 spiro atoms. The molecule has 7 heteroatoms. The van der Waals surface area contributed by atoms with Crippen LogP contribution < -0.4 is 10.1 Å². The number of rotatable bonds is 6. The van der Waals surface area contributed by atoms with Crippen LogP contribution >= 0.6 is 11.8 Å². The third-order valence-electron chi connectivity index (χ3n) is 4.79. The molecule has 148 valence electrons. The van der Waals surface area contributed by atoms with Gasteiger partial charge in [0, 0.05) is 28.5 Å². The normalized spacial score (nSPS) is 15.3. The van der Waals surface area contributed by atoms with Crippen LogP contribution in [0.2, 0.25) is 0 Å². The van der Waals surface area contributed by atoms with Crippen LogP contribution in [0, 0.1) is 5.82 Å².